The largest absolute Gasteiger partial charge is 0.472 e. The molecule has 0 aliphatic rings. The van der Waals surface area contributed by atoms with Crippen molar-refractivity contribution in [2.75, 3.05) is 39.6 Å². The molecule has 5 atom stereocenters. The summed E-state index contributed by atoms with van der Waals surface area (Å²) in [6.07, 6.45) is 39.5. The molecule has 3 N–H and O–H groups in total. The first-order valence-corrected chi connectivity index (χ1v) is 38.2. The number of unbranched alkanes of at least 4 members (excludes halogenated alkanes) is 31. The van der Waals surface area contributed by atoms with Crippen LogP contribution in [-0.2, 0) is 65.4 Å². The molecule has 0 rings (SSSR count). The Bertz CT molecular complexity index is 1730. The van der Waals surface area contributed by atoms with Crippen LogP contribution in [0, 0.1) is 23.7 Å². The zero-order valence-electron chi connectivity index (χ0n) is 56.6. The fraction of sp³-hybridized carbons (Fsp3) is 0.941. The van der Waals surface area contributed by atoms with Gasteiger partial charge < -0.3 is 33.8 Å². The number of carbonyl (C=O) groups is 4. The molecule has 0 saturated carbocycles. The first kappa shape index (κ1) is 85.1. The second-order valence-electron chi connectivity index (χ2n) is 26.5. The Morgan fingerprint density at radius 1 is 0.287 bits per heavy atom. The van der Waals surface area contributed by atoms with Gasteiger partial charge >= 0.3 is 39.5 Å². The average molecular weight is 1280 g/mol. The summed E-state index contributed by atoms with van der Waals surface area (Å²) in [5.41, 5.74) is 0. The lowest BCUT2D eigenvalue weighted by Crippen LogP contribution is -2.30. The highest BCUT2D eigenvalue weighted by molar-refractivity contribution is 7.47. The zero-order chi connectivity index (χ0) is 64.7. The highest BCUT2D eigenvalue weighted by Gasteiger charge is 2.30. The summed E-state index contributed by atoms with van der Waals surface area (Å²) in [6, 6.07) is 0. The van der Waals surface area contributed by atoms with Gasteiger partial charge in [0.05, 0.1) is 26.4 Å². The van der Waals surface area contributed by atoms with Gasteiger partial charge in [0.15, 0.2) is 12.2 Å². The number of carbonyl (C=O) groups excluding carboxylic acids is 4. The predicted octanol–water partition coefficient (Wildman–Crippen LogP) is 18.9. The van der Waals surface area contributed by atoms with Crippen molar-refractivity contribution in [2.45, 2.75) is 350 Å². The van der Waals surface area contributed by atoms with Gasteiger partial charge in [-0.3, -0.25) is 37.3 Å². The van der Waals surface area contributed by atoms with E-state index in [0.29, 0.717) is 43.4 Å². The predicted molar refractivity (Wildman–Crippen MR) is 349 cm³/mol. The van der Waals surface area contributed by atoms with E-state index in [9.17, 15) is 43.2 Å². The summed E-state index contributed by atoms with van der Waals surface area (Å²) in [7, 11) is -9.89. The molecule has 0 amide bonds. The monoisotopic (exact) mass is 1280 g/mol. The lowest BCUT2D eigenvalue weighted by atomic mass is 10.0. The lowest BCUT2D eigenvalue weighted by Gasteiger charge is -2.21. The summed E-state index contributed by atoms with van der Waals surface area (Å²) in [5, 5.41) is 10.6. The fourth-order valence-corrected chi connectivity index (χ4v) is 11.7. The van der Waals surface area contributed by atoms with Gasteiger partial charge in [-0.15, -0.1) is 0 Å². The van der Waals surface area contributed by atoms with Crippen LogP contribution in [0.15, 0.2) is 0 Å². The molecule has 0 aromatic carbocycles. The van der Waals surface area contributed by atoms with E-state index in [2.05, 4.69) is 55.4 Å². The molecule has 87 heavy (non-hydrogen) atoms. The van der Waals surface area contributed by atoms with E-state index in [1.807, 2.05) is 0 Å². The van der Waals surface area contributed by atoms with E-state index in [1.54, 1.807) is 0 Å². The molecule has 17 nitrogen and oxygen atoms in total. The minimum Gasteiger partial charge on any atom is -0.462 e. The molecular weight excluding hydrogens is 1150 g/mol. The van der Waals surface area contributed by atoms with Crippen LogP contribution in [0.1, 0.15) is 331 Å². The van der Waals surface area contributed by atoms with Gasteiger partial charge in [0.1, 0.15) is 19.3 Å². The summed E-state index contributed by atoms with van der Waals surface area (Å²) in [4.78, 5) is 72.3. The van der Waals surface area contributed by atoms with Gasteiger partial charge in [-0.1, -0.05) is 280 Å². The maximum absolute atomic E-state index is 13.0. The minimum absolute atomic E-state index is 0.102. The first-order valence-electron chi connectivity index (χ1n) is 35.2. The Labute approximate surface area is 530 Å². The van der Waals surface area contributed by atoms with Crippen LogP contribution in [0.25, 0.3) is 0 Å². The van der Waals surface area contributed by atoms with Crippen LogP contribution in [0.2, 0.25) is 0 Å². The van der Waals surface area contributed by atoms with Crippen LogP contribution in [0.3, 0.4) is 0 Å². The molecule has 19 heteroatoms. The molecule has 0 fully saturated rings. The van der Waals surface area contributed by atoms with E-state index in [1.165, 1.54) is 122 Å². The van der Waals surface area contributed by atoms with Gasteiger partial charge in [0.2, 0.25) is 0 Å². The third kappa shape index (κ3) is 62.6. The number of aliphatic hydroxyl groups excluding tert-OH is 1. The minimum atomic E-state index is -4.95. The molecule has 0 saturated heterocycles. The zero-order valence-corrected chi connectivity index (χ0v) is 58.4. The molecule has 0 heterocycles. The van der Waals surface area contributed by atoms with Crippen molar-refractivity contribution in [3.8, 4) is 0 Å². The highest BCUT2D eigenvalue weighted by atomic mass is 31.2. The molecule has 0 aromatic heterocycles. The standard InChI is InChI=1S/C68H132O17P2/c1-58(2)44-36-28-20-17-15-13-11-9-10-12-14-16-18-22-34-42-50-67(72)84-63(54-78-65(70)48-40-32-26-24-30-38-46-60(5)6)56-82-86(74,75)80-52-62(69)53-81-87(76,77)83-57-64(55-79-66(71)49-41-33-27-25-31-39-47-61(7)8)85-68(73)51-43-35-23-19-21-29-37-45-59(3)4/h58-64,69H,9-57H2,1-8H3,(H,74,75)(H,76,77)/t62-,63-,64-/m1/s1. The van der Waals surface area contributed by atoms with Crippen molar-refractivity contribution in [3.63, 3.8) is 0 Å². The number of hydrogen-bond acceptors (Lipinski definition) is 15. The van der Waals surface area contributed by atoms with Crippen LogP contribution in [-0.4, -0.2) is 96.7 Å². The Morgan fingerprint density at radius 2 is 0.483 bits per heavy atom. The molecule has 0 aromatic rings. The van der Waals surface area contributed by atoms with E-state index in [4.69, 9.17) is 37.0 Å². The SMILES string of the molecule is CC(C)CCCCCCCCCCCCCCCCCCC(=O)O[C@H](COC(=O)CCCCCCCCC(C)C)COP(=O)(O)OC[C@@H](O)COP(=O)(O)OC[C@@H](COC(=O)CCCCCCCCC(C)C)OC(=O)CCCCCCCCCC(C)C. The van der Waals surface area contributed by atoms with Crippen molar-refractivity contribution in [1.29, 1.82) is 0 Å². The maximum atomic E-state index is 13.0. The maximum Gasteiger partial charge on any atom is 0.472 e. The van der Waals surface area contributed by atoms with Crippen LogP contribution in [0.4, 0.5) is 0 Å². The Morgan fingerprint density at radius 3 is 0.713 bits per heavy atom. The molecule has 2 unspecified atom stereocenters. The van der Waals surface area contributed by atoms with Crippen molar-refractivity contribution >= 4 is 39.5 Å². The second-order valence-corrected chi connectivity index (χ2v) is 29.4. The van der Waals surface area contributed by atoms with Gasteiger partial charge in [-0.05, 0) is 49.4 Å². The Balaban J connectivity index is 5.17. The third-order valence-electron chi connectivity index (χ3n) is 15.6. The number of hydrogen-bond donors (Lipinski definition) is 3. The van der Waals surface area contributed by atoms with Crippen molar-refractivity contribution in [3.05, 3.63) is 0 Å². The molecule has 516 valence electrons. The van der Waals surface area contributed by atoms with Crippen LogP contribution < -0.4 is 0 Å². The van der Waals surface area contributed by atoms with E-state index in [-0.39, 0.29) is 25.7 Å². The number of aliphatic hydroxyl groups is 1. The molecule has 0 aliphatic heterocycles. The van der Waals surface area contributed by atoms with E-state index < -0.39 is 97.5 Å². The molecule has 0 bridgehead atoms. The van der Waals surface area contributed by atoms with Crippen molar-refractivity contribution < 1.29 is 80.2 Å². The van der Waals surface area contributed by atoms with Gasteiger partial charge in [-0.2, -0.15) is 0 Å². The molecule has 0 spiro atoms. The molecular formula is C68H132O17P2. The van der Waals surface area contributed by atoms with E-state index >= 15 is 0 Å². The Kier molecular flexibility index (Phi) is 56.6. The fourth-order valence-electron chi connectivity index (χ4n) is 10.1. The smallest absolute Gasteiger partial charge is 0.462 e. The lowest BCUT2D eigenvalue weighted by molar-refractivity contribution is -0.161. The van der Waals surface area contributed by atoms with Crippen LogP contribution >= 0.6 is 15.6 Å². The summed E-state index contributed by atoms with van der Waals surface area (Å²) < 4.78 is 68.1. The van der Waals surface area contributed by atoms with E-state index in [0.717, 1.165) is 109 Å². The topological polar surface area (TPSA) is 237 Å². The Hall–Kier alpha value is -1.94. The van der Waals surface area contributed by atoms with Crippen molar-refractivity contribution in [2.24, 2.45) is 23.7 Å². The molecule has 0 aliphatic carbocycles. The van der Waals surface area contributed by atoms with Gasteiger partial charge in [-0.25, -0.2) is 9.13 Å². The second kappa shape index (κ2) is 57.9. The average Bonchev–Trinajstić information content (AvgIpc) is 3.67. The number of ether oxygens (including phenoxy) is 4. The quantitative estimate of drug-likeness (QED) is 0.0222. The third-order valence-corrected chi connectivity index (χ3v) is 17.5. The summed E-state index contributed by atoms with van der Waals surface area (Å²) >= 11 is 0. The molecule has 0 radical (unpaired) electrons. The van der Waals surface area contributed by atoms with Crippen molar-refractivity contribution in [1.82, 2.24) is 0 Å². The van der Waals surface area contributed by atoms with Gasteiger partial charge in [0, 0.05) is 25.7 Å². The number of esters is 4. The van der Waals surface area contributed by atoms with Gasteiger partial charge in [0.25, 0.3) is 0 Å². The highest BCUT2D eigenvalue weighted by Crippen LogP contribution is 2.45. The van der Waals surface area contributed by atoms with Crippen LogP contribution in [0.5, 0.6) is 0 Å². The summed E-state index contributed by atoms with van der Waals surface area (Å²) in [5.74, 6) is 0.725. The number of phosphoric ester groups is 2. The summed E-state index contributed by atoms with van der Waals surface area (Å²) in [6.45, 7) is 13.9. The number of rotatable bonds is 65. The first-order chi connectivity index (χ1) is 41.6. The normalized spacial score (nSPS) is 14.3. The number of phosphoric acid groups is 2.